The standard InChI is InChI=1S/C22H22O5/c1-3-15-10-11-18-16(13-21(23)27-20(18)12-15)14-25-22(24)19(4-2)26-17-8-6-5-7-9-17/h5-13,19H,3-4,14H2,1-2H3/t19-/m0/s1. The van der Waals surface area contributed by atoms with E-state index in [1.165, 1.54) is 6.07 Å². The Hall–Kier alpha value is -3.08. The lowest BCUT2D eigenvalue weighted by Gasteiger charge is -2.16. The van der Waals surface area contributed by atoms with E-state index in [1.807, 2.05) is 50.2 Å². The molecule has 0 aliphatic rings. The van der Waals surface area contributed by atoms with Crippen LogP contribution < -0.4 is 10.4 Å². The number of benzene rings is 2. The van der Waals surface area contributed by atoms with E-state index in [9.17, 15) is 9.59 Å². The summed E-state index contributed by atoms with van der Waals surface area (Å²) in [5.74, 6) is 0.145. The molecule has 5 heteroatoms. The van der Waals surface area contributed by atoms with Gasteiger partial charge in [0, 0.05) is 17.0 Å². The molecule has 0 radical (unpaired) electrons. The van der Waals surface area contributed by atoms with E-state index >= 15 is 0 Å². The quantitative estimate of drug-likeness (QED) is 0.462. The number of carbonyl (C=O) groups is 1. The first-order valence-electron chi connectivity index (χ1n) is 9.04. The Kier molecular flexibility index (Phi) is 5.91. The smallest absolute Gasteiger partial charge is 0.347 e. The molecular weight excluding hydrogens is 344 g/mol. The largest absolute Gasteiger partial charge is 0.479 e. The maximum atomic E-state index is 12.4. The van der Waals surface area contributed by atoms with Crippen LogP contribution in [-0.2, 0) is 22.6 Å². The van der Waals surface area contributed by atoms with Gasteiger partial charge in [0.1, 0.15) is 17.9 Å². The zero-order chi connectivity index (χ0) is 19.2. The topological polar surface area (TPSA) is 65.7 Å². The molecule has 1 atom stereocenters. The van der Waals surface area contributed by atoms with Crippen molar-refractivity contribution in [3.05, 3.63) is 76.1 Å². The fourth-order valence-corrected chi connectivity index (χ4v) is 2.82. The summed E-state index contributed by atoms with van der Waals surface area (Å²) in [5, 5.41) is 0.761. The molecule has 0 saturated carbocycles. The molecular formula is C22H22O5. The zero-order valence-electron chi connectivity index (χ0n) is 15.4. The van der Waals surface area contributed by atoms with Crippen molar-refractivity contribution in [1.29, 1.82) is 0 Å². The van der Waals surface area contributed by atoms with Gasteiger partial charge in [0.15, 0.2) is 6.10 Å². The van der Waals surface area contributed by atoms with Crippen LogP contribution in [0.4, 0.5) is 0 Å². The third-order valence-corrected chi connectivity index (χ3v) is 4.33. The molecule has 0 amide bonds. The lowest BCUT2D eigenvalue weighted by molar-refractivity contribution is -0.153. The molecule has 0 unspecified atom stereocenters. The number of aryl methyl sites for hydroxylation is 1. The van der Waals surface area contributed by atoms with E-state index in [0.717, 1.165) is 17.4 Å². The maximum absolute atomic E-state index is 12.4. The van der Waals surface area contributed by atoms with Gasteiger partial charge in [-0.15, -0.1) is 0 Å². The first-order chi connectivity index (χ1) is 13.1. The van der Waals surface area contributed by atoms with E-state index in [-0.39, 0.29) is 6.61 Å². The Labute approximate surface area is 157 Å². The summed E-state index contributed by atoms with van der Waals surface area (Å²) in [4.78, 5) is 24.3. The van der Waals surface area contributed by atoms with Crippen molar-refractivity contribution in [3.63, 3.8) is 0 Å². The van der Waals surface area contributed by atoms with Gasteiger partial charge in [0.05, 0.1) is 0 Å². The molecule has 1 aromatic heterocycles. The minimum atomic E-state index is -0.703. The summed E-state index contributed by atoms with van der Waals surface area (Å²) < 4.78 is 16.4. The summed E-state index contributed by atoms with van der Waals surface area (Å²) in [6.45, 7) is 3.87. The summed E-state index contributed by atoms with van der Waals surface area (Å²) in [6.07, 6.45) is 0.615. The highest BCUT2D eigenvalue weighted by Gasteiger charge is 2.20. The van der Waals surface area contributed by atoms with Crippen LogP contribution in [0.3, 0.4) is 0 Å². The monoisotopic (exact) mass is 366 g/mol. The lowest BCUT2D eigenvalue weighted by atomic mass is 10.1. The molecule has 3 rings (SSSR count). The second-order valence-electron chi connectivity index (χ2n) is 6.21. The molecule has 0 bridgehead atoms. The van der Waals surface area contributed by atoms with Crippen LogP contribution in [-0.4, -0.2) is 12.1 Å². The van der Waals surface area contributed by atoms with Gasteiger partial charge in [0.2, 0.25) is 0 Å². The van der Waals surface area contributed by atoms with E-state index in [0.29, 0.717) is 23.3 Å². The number of esters is 1. The highest BCUT2D eigenvalue weighted by atomic mass is 16.6. The van der Waals surface area contributed by atoms with Crippen LogP contribution >= 0.6 is 0 Å². The van der Waals surface area contributed by atoms with Gasteiger partial charge in [-0.25, -0.2) is 9.59 Å². The SMILES string of the molecule is CCc1ccc2c(COC(=O)[C@H](CC)Oc3ccccc3)cc(=O)oc2c1. The van der Waals surface area contributed by atoms with Crippen LogP contribution in [0.25, 0.3) is 11.0 Å². The summed E-state index contributed by atoms with van der Waals surface area (Å²) in [5.41, 5.74) is 1.73. The molecule has 0 aliphatic heterocycles. The normalized spacial score (nSPS) is 11.9. The predicted octanol–water partition coefficient (Wildman–Crippen LogP) is 4.26. The third-order valence-electron chi connectivity index (χ3n) is 4.33. The molecule has 3 aromatic rings. The van der Waals surface area contributed by atoms with Crippen molar-refractivity contribution in [2.75, 3.05) is 0 Å². The Balaban J connectivity index is 1.75. The van der Waals surface area contributed by atoms with Gasteiger partial charge in [-0.3, -0.25) is 0 Å². The number of hydrogen-bond donors (Lipinski definition) is 0. The van der Waals surface area contributed by atoms with Crippen LogP contribution in [0.5, 0.6) is 5.75 Å². The number of carbonyl (C=O) groups excluding carboxylic acids is 1. The molecule has 2 aromatic carbocycles. The van der Waals surface area contributed by atoms with Crippen molar-refractivity contribution in [1.82, 2.24) is 0 Å². The van der Waals surface area contributed by atoms with Gasteiger partial charge in [-0.05, 0) is 36.6 Å². The molecule has 0 spiro atoms. The van der Waals surface area contributed by atoms with Gasteiger partial charge in [-0.1, -0.05) is 44.2 Å². The van der Waals surface area contributed by atoms with Crippen molar-refractivity contribution in [2.24, 2.45) is 0 Å². The van der Waals surface area contributed by atoms with Gasteiger partial charge >= 0.3 is 11.6 Å². The molecule has 1 heterocycles. The second-order valence-corrected chi connectivity index (χ2v) is 6.21. The Morgan fingerprint density at radius 2 is 1.85 bits per heavy atom. The highest BCUT2D eigenvalue weighted by molar-refractivity contribution is 5.81. The summed E-state index contributed by atoms with van der Waals surface area (Å²) >= 11 is 0. The third kappa shape index (κ3) is 4.56. The minimum Gasteiger partial charge on any atom is -0.479 e. The van der Waals surface area contributed by atoms with Gasteiger partial charge in [-0.2, -0.15) is 0 Å². The van der Waals surface area contributed by atoms with Gasteiger partial charge < -0.3 is 13.9 Å². The van der Waals surface area contributed by atoms with Crippen molar-refractivity contribution < 1.29 is 18.7 Å². The van der Waals surface area contributed by atoms with Crippen molar-refractivity contribution >= 4 is 16.9 Å². The fourth-order valence-electron chi connectivity index (χ4n) is 2.82. The number of fused-ring (bicyclic) bond motifs is 1. The molecule has 0 fully saturated rings. The first-order valence-corrected chi connectivity index (χ1v) is 9.04. The molecule has 0 aliphatic carbocycles. The zero-order valence-corrected chi connectivity index (χ0v) is 15.4. The van der Waals surface area contributed by atoms with Crippen LogP contribution in [0.2, 0.25) is 0 Å². The molecule has 27 heavy (non-hydrogen) atoms. The molecule has 5 nitrogen and oxygen atoms in total. The van der Waals surface area contributed by atoms with Crippen molar-refractivity contribution in [3.8, 4) is 5.75 Å². The molecule has 0 saturated heterocycles. The molecule has 140 valence electrons. The Morgan fingerprint density at radius 3 is 2.56 bits per heavy atom. The van der Waals surface area contributed by atoms with Crippen LogP contribution in [0, 0.1) is 0 Å². The Morgan fingerprint density at radius 1 is 1.07 bits per heavy atom. The number of ether oxygens (including phenoxy) is 2. The van der Waals surface area contributed by atoms with E-state index in [2.05, 4.69) is 0 Å². The van der Waals surface area contributed by atoms with Crippen molar-refractivity contribution in [2.45, 2.75) is 39.4 Å². The fraction of sp³-hybridized carbons (Fsp3) is 0.273. The van der Waals surface area contributed by atoms with Gasteiger partial charge in [0.25, 0.3) is 0 Å². The predicted molar refractivity (Wildman–Crippen MR) is 103 cm³/mol. The van der Waals surface area contributed by atoms with Crippen LogP contribution in [0.1, 0.15) is 31.4 Å². The van der Waals surface area contributed by atoms with E-state index in [1.54, 1.807) is 12.1 Å². The summed E-state index contributed by atoms with van der Waals surface area (Å²) in [6, 6.07) is 16.2. The average Bonchev–Trinajstić information content (AvgIpc) is 2.70. The number of rotatable bonds is 7. The Bertz CT molecular complexity index is 975. The van der Waals surface area contributed by atoms with Crippen LogP contribution in [0.15, 0.2) is 63.8 Å². The second kappa shape index (κ2) is 8.54. The summed E-state index contributed by atoms with van der Waals surface area (Å²) in [7, 11) is 0. The average molecular weight is 366 g/mol. The number of para-hydroxylation sites is 1. The minimum absolute atomic E-state index is 0.0128. The van der Waals surface area contributed by atoms with E-state index in [4.69, 9.17) is 13.9 Å². The van der Waals surface area contributed by atoms with E-state index < -0.39 is 17.7 Å². The lowest BCUT2D eigenvalue weighted by Crippen LogP contribution is -2.28. The number of hydrogen-bond acceptors (Lipinski definition) is 5. The maximum Gasteiger partial charge on any atom is 0.347 e. The molecule has 0 N–H and O–H groups in total. The highest BCUT2D eigenvalue weighted by Crippen LogP contribution is 2.20. The first kappa shape index (κ1) is 18.7.